The molecule has 0 bridgehead atoms. The zero-order valence-electron chi connectivity index (χ0n) is 18.6. The van der Waals surface area contributed by atoms with Crippen LogP contribution in [0.1, 0.15) is 69.8 Å². The minimum Gasteiger partial charge on any atom is -0.350 e. The predicted molar refractivity (Wildman–Crippen MR) is 125 cm³/mol. The number of nitriles is 1. The fourth-order valence-electron chi connectivity index (χ4n) is 5.14. The fraction of sp³-hybridized carbons (Fsp3) is 0.522. The largest absolute Gasteiger partial charge is 0.350 e. The Morgan fingerprint density at radius 1 is 1.00 bits per heavy atom. The Morgan fingerprint density at radius 2 is 1.55 bits per heavy atom. The number of primary amides is 1. The highest BCUT2D eigenvalue weighted by Gasteiger charge is 2.44. The summed E-state index contributed by atoms with van der Waals surface area (Å²) < 4.78 is 31.9. The van der Waals surface area contributed by atoms with Gasteiger partial charge in [0.15, 0.2) is 5.82 Å². The Hall–Kier alpha value is -2.90. The molecule has 4 rings (SSSR count). The average molecular weight is 471 g/mol. The summed E-state index contributed by atoms with van der Waals surface area (Å²) in [7, 11) is -4.37. The van der Waals surface area contributed by atoms with E-state index in [0.29, 0.717) is 9.99 Å². The normalized spacial score (nSPS) is 18.2. The summed E-state index contributed by atoms with van der Waals surface area (Å²) in [6.45, 7) is 0. The fourth-order valence-corrected chi connectivity index (χ4v) is 7.13. The van der Waals surface area contributed by atoms with E-state index < -0.39 is 16.2 Å². The average Bonchev–Trinajstić information content (AvgIpc) is 3.24. The van der Waals surface area contributed by atoms with E-state index in [0.717, 1.165) is 64.2 Å². The highest BCUT2D eigenvalue weighted by atomic mass is 32.2. The first-order chi connectivity index (χ1) is 15.9. The molecule has 2 fully saturated rings. The minimum absolute atomic E-state index is 0.0338. The SMILES string of the molecule is N#Cc1cnn(-c2ccccc2)c1N(C(N)=O)S(=O)(=O)N(C1CCCCC1)C1CCCCC1. The number of carbonyl (C=O) groups is 1. The molecule has 1 aromatic heterocycles. The van der Waals surface area contributed by atoms with Gasteiger partial charge in [-0.2, -0.15) is 27.4 Å². The summed E-state index contributed by atoms with van der Waals surface area (Å²) in [5, 5.41) is 13.9. The highest BCUT2D eigenvalue weighted by molar-refractivity contribution is 7.91. The van der Waals surface area contributed by atoms with E-state index in [4.69, 9.17) is 5.73 Å². The first-order valence-electron chi connectivity index (χ1n) is 11.6. The molecular weight excluding hydrogens is 440 g/mol. The van der Waals surface area contributed by atoms with Gasteiger partial charge < -0.3 is 5.73 Å². The number of amides is 2. The molecule has 2 aliphatic carbocycles. The number of carbonyl (C=O) groups excluding carboxylic acids is 1. The lowest BCUT2D eigenvalue weighted by atomic mass is 9.91. The van der Waals surface area contributed by atoms with Gasteiger partial charge in [-0.15, -0.1) is 0 Å². The molecule has 0 unspecified atom stereocenters. The summed E-state index contributed by atoms with van der Waals surface area (Å²) in [4.78, 5) is 12.8. The number of hydrogen-bond donors (Lipinski definition) is 1. The molecule has 2 N–H and O–H groups in total. The van der Waals surface area contributed by atoms with Gasteiger partial charge in [0, 0.05) is 12.1 Å². The van der Waals surface area contributed by atoms with Crippen molar-refractivity contribution >= 4 is 22.1 Å². The van der Waals surface area contributed by atoms with Crippen LogP contribution in [0.5, 0.6) is 0 Å². The van der Waals surface area contributed by atoms with Crippen LogP contribution in [0.15, 0.2) is 36.5 Å². The van der Waals surface area contributed by atoms with Crippen LogP contribution in [-0.2, 0) is 10.2 Å². The second kappa shape index (κ2) is 9.93. The molecule has 2 aromatic rings. The van der Waals surface area contributed by atoms with E-state index in [1.54, 1.807) is 28.6 Å². The number of aromatic nitrogens is 2. The molecule has 0 atom stereocenters. The Kier molecular flexibility index (Phi) is 7.00. The molecule has 0 saturated heterocycles. The van der Waals surface area contributed by atoms with Crippen LogP contribution in [0.4, 0.5) is 10.6 Å². The van der Waals surface area contributed by atoms with Gasteiger partial charge in [-0.05, 0) is 37.8 Å². The standard InChI is InChI=1S/C23H30N6O3S/c24-16-18-17-26-27(19-10-4-1-5-11-19)22(18)29(23(25)30)33(31,32)28(20-12-6-2-7-13-20)21-14-8-3-9-15-21/h1,4-5,10-11,17,20-21H,2-3,6-9,12-15H2,(H2,25,30). The smallest absolute Gasteiger partial charge is 0.335 e. The molecule has 0 spiro atoms. The molecular formula is C23H30N6O3S. The van der Waals surface area contributed by atoms with Gasteiger partial charge >= 0.3 is 16.2 Å². The maximum Gasteiger partial charge on any atom is 0.335 e. The van der Waals surface area contributed by atoms with E-state index >= 15 is 0 Å². The van der Waals surface area contributed by atoms with Crippen molar-refractivity contribution in [1.29, 1.82) is 5.26 Å². The van der Waals surface area contributed by atoms with Gasteiger partial charge in [-0.25, -0.2) is 9.48 Å². The molecule has 2 aliphatic rings. The molecule has 2 saturated carbocycles. The van der Waals surface area contributed by atoms with E-state index in [1.807, 2.05) is 12.1 Å². The zero-order valence-corrected chi connectivity index (χ0v) is 19.5. The van der Waals surface area contributed by atoms with Crippen molar-refractivity contribution in [2.24, 2.45) is 5.73 Å². The van der Waals surface area contributed by atoms with Crippen molar-refractivity contribution in [3.05, 3.63) is 42.1 Å². The number of nitrogens with zero attached hydrogens (tertiary/aromatic N) is 5. The minimum atomic E-state index is -4.37. The van der Waals surface area contributed by atoms with Gasteiger partial charge in [0.05, 0.1) is 11.9 Å². The van der Waals surface area contributed by atoms with Crippen LogP contribution in [0.25, 0.3) is 5.69 Å². The second-order valence-electron chi connectivity index (χ2n) is 8.77. The van der Waals surface area contributed by atoms with Crippen LogP contribution < -0.4 is 10.0 Å². The summed E-state index contributed by atoms with van der Waals surface area (Å²) in [6.07, 6.45) is 10.2. The van der Waals surface area contributed by atoms with Crippen molar-refractivity contribution < 1.29 is 13.2 Å². The molecule has 0 aliphatic heterocycles. The van der Waals surface area contributed by atoms with Crippen LogP contribution in [0.2, 0.25) is 0 Å². The predicted octanol–water partition coefficient (Wildman–Crippen LogP) is 3.84. The number of nitrogens with two attached hydrogens (primary N) is 1. The Balaban J connectivity index is 1.85. The molecule has 33 heavy (non-hydrogen) atoms. The summed E-state index contributed by atoms with van der Waals surface area (Å²) in [5.74, 6) is -0.146. The van der Waals surface area contributed by atoms with E-state index in [-0.39, 0.29) is 23.5 Å². The topological polar surface area (TPSA) is 125 Å². The van der Waals surface area contributed by atoms with Gasteiger partial charge in [0.1, 0.15) is 11.6 Å². The molecule has 10 heteroatoms. The maximum absolute atomic E-state index is 14.2. The van der Waals surface area contributed by atoms with Gasteiger partial charge in [-0.3, -0.25) is 0 Å². The van der Waals surface area contributed by atoms with Crippen LogP contribution in [0.3, 0.4) is 0 Å². The molecule has 1 aromatic carbocycles. The first-order valence-corrected chi connectivity index (χ1v) is 13.0. The lowest BCUT2D eigenvalue weighted by Crippen LogP contribution is -2.57. The third kappa shape index (κ3) is 4.61. The lowest BCUT2D eigenvalue weighted by Gasteiger charge is -2.42. The molecule has 2 amide bonds. The first kappa shape index (κ1) is 23.3. The van der Waals surface area contributed by atoms with E-state index in [1.165, 1.54) is 10.9 Å². The van der Waals surface area contributed by atoms with Crippen LogP contribution in [0, 0.1) is 11.3 Å². The number of hydrogen-bond acceptors (Lipinski definition) is 5. The quantitative estimate of drug-likeness (QED) is 0.686. The van der Waals surface area contributed by atoms with Crippen molar-refractivity contribution in [3.8, 4) is 11.8 Å². The molecule has 0 radical (unpaired) electrons. The van der Waals surface area contributed by atoms with Crippen molar-refractivity contribution in [1.82, 2.24) is 14.1 Å². The molecule has 176 valence electrons. The Bertz CT molecular complexity index is 1090. The second-order valence-corrected chi connectivity index (χ2v) is 10.4. The van der Waals surface area contributed by atoms with Crippen LogP contribution in [-0.4, -0.2) is 40.6 Å². The summed E-state index contributed by atoms with van der Waals surface area (Å²) in [5.41, 5.74) is 6.20. The number of para-hydroxylation sites is 1. The summed E-state index contributed by atoms with van der Waals surface area (Å²) in [6, 6.07) is 9.25. The number of rotatable bonds is 6. The Labute approximate surface area is 195 Å². The zero-order chi connectivity index (χ0) is 23.4. The third-order valence-corrected chi connectivity index (χ3v) is 8.57. The van der Waals surface area contributed by atoms with Gasteiger partial charge in [0.25, 0.3) is 0 Å². The maximum atomic E-state index is 14.2. The molecule has 9 nitrogen and oxygen atoms in total. The third-order valence-electron chi connectivity index (χ3n) is 6.62. The Morgan fingerprint density at radius 3 is 2.03 bits per heavy atom. The monoisotopic (exact) mass is 470 g/mol. The van der Waals surface area contributed by atoms with E-state index in [9.17, 15) is 18.5 Å². The molecule has 1 heterocycles. The lowest BCUT2D eigenvalue weighted by molar-refractivity contribution is 0.169. The number of anilines is 1. The van der Waals surface area contributed by atoms with Gasteiger partial charge in [-0.1, -0.05) is 56.7 Å². The number of benzene rings is 1. The van der Waals surface area contributed by atoms with Gasteiger partial charge in [0.2, 0.25) is 0 Å². The van der Waals surface area contributed by atoms with E-state index in [2.05, 4.69) is 5.10 Å². The highest BCUT2D eigenvalue weighted by Crippen LogP contribution is 2.36. The van der Waals surface area contributed by atoms with Crippen molar-refractivity contribution in [2.75, 3.05) is 4.31 Å². The van der Waals surface area contributed by atoms with Crippen molar-refractivity contribution in [3.63, 3.8) is 0 Å². The van der Waals surface area contributed by atoms with Crippen LogP contribution >= 0.6 is 0 Å². The number of urea groups is 1. The summed E-state index contributed by atoms with van der Waals surface area (Å²) >= 11 is 0. The van der Waals surface area contributed by atoms with Crippen molar-refractivity contribution in [2.45, 2.75) is 76.3 Å².